The van der Waals surface area contributed by atoms with Crippen molar-refractivity contribution >= 4 is 25.3 Å². The lowest BCUT2D eigenvalue weighted by Crippen LogP contribution is -2.45. The first-order chi connectivity index (χ1) is 10.3. The molecule has 3 nitrogen and oxygen atoms in total. The molecule has 0 spiro atoms. The largest absolute Gasteiger partial charge is 0.450 e. The van der Waals surface area contributed by atoms with Gasteiger partial charge >= 0.3 is 5.43 Å². The fraction of sp³-hybridized carbons (Fsp3) is 0.833. The molecule has 0 saturated carbocycles. The van der Waals surface area contributed by atoms with Crippen LogP contribution < -0.4 is 0 Å². The second kappa shape index (κ2) is 9.24. The average molecular weight is 363 g/mol. The zero-order chi connectivity index (χ0) is 18.4. The van der Waals surface area contributed by atoms with Crippen molar-refractivity contribution in [2.75, 3.05) is 0 Å². The molecule has 23 heavy (non-hydrogen) atoms. The van der Waals surface area contributed by atoms with Crippen LogP contribution in [0.1, 0.15) is 54.4 Å². The van der Waals surface area contributed by atoms with Gasteiger partial charge in [-0.1, -0.05) is 40.7 Å². The Morgan fingerprint density at radius 2 is 1.74 bits per heavy atom. The van der Waals surface area contributed by atoms with Crippen molar-refractivity contribution in [3.63, 3.8) is 0 Å². The van der Waals surface area contributed by atoms with Gasteiger partial charge in [0.05, 0.1) is 0 Å². The van der Waals surface area contributed by atoms with Crippen LogP contribution in [-0.2, 0) is 9.16 Å². The van der Waals surface area contributed by atoms with Gasteiger partial charge in [0.25, 0.3) is 0 Å². The van der Waals surface area contributed by atoms with Gasteiger partial charge < -0.3 is 9.16 Å². The highest BCUT2D eigenvalue weighted by atomic mass is 35.5. The monoisotopic (exact) mass is 362 g/mol. The molecular weight excluding hydrogens is 328 g/mol. The fourth-order valence-corrected chi connectivity index (χ4v) is 3.88. The third-order valence-corrected chi connectivity index (χ3v) is 9.77. The summed E-state index contributed by atoms with van der Waals surface area (Å²) in [5.41, 5.74) is -0.740. The molecule has 0 unspecified atom stereocenters. The van der Waals surface area contributed by atoms with Crippen LogP contribution in [0.25, 0.3) is 0 Å². The summed E-state index contributed by atoms with van der Waals surface area (Å²) in [5, 5.41) is 0.180. The quantitative estimate of drug-likeness (QED) is 0.271. The van der Waals surface area contributed by atoms with Crippen LogP contribution in [0.15, 0.2) is 12.7 Å². The Labute approximate surface area is 148 Å². The van der Waals surface area contributed by atoms with Crippen molar-refractivity contribution in [3.05, 3.63) is 12.7 Å². The van der Waals surface area contributed by atoms with E-state index in [0.29, 0.717) is 0 Å². The van der Waals surface area contributed by atoms with Crippen LogP contribution in [-0.4, -0.2) is 26.0 Å². The van der Waals surface area contributed by atoms with Gasteiger partial charge in [0, 0.05) is 17.7 Å². The highest BCUT2D eigenvalue weighted by Crippen LogP contribution is 2.38. The third kappa shape index (κ3) is 7.86. The number of carbonyl (C=O) groups is 1. The maximum atomic E-state index is 11.2. The zero-order valence-corrected chi connectivity index (χ0v) is 17.9. The SMILES string of the molecule is C=CC[C@@H](C)[C@H](C[C@@H](C)[C@H](C)O[Si](C)(C)C(C)(C)C)OC(=O)Cl. The maximum Gasteiger partial charge on any atom is 0.404 e. The Hall–Kier alpha value is -0.323. The van der Waals surface area contributed by atoms with E-state index in [1.54, 1.807) is 0 Å². The summed E-state index contributed by atoms with van der Waals surface area (Å²) in [4.78, 5) is 11.2. The van der Waals surface area contributed by atoms with Crippen LogP contribution >= 0.6 is 11.6 Å². The molecule has 0 aliphatic rings. The van der Waals surface area contributed by atoms with E-state index in [4.69, 9.17) is 20.8 Å². The Balaban J connectivity index is 4.87. The molecule has 0 aliphatic heterocycles. The topological polar surface area (TPSA) is 35.5 Å². The lowest BCUT2D eigenvalue weighted by atomic mass is 9.90. The Morgan fingerprint density at radius 3 is 2.13 bits per heavy atom. The summed E-state index contributed by atoms with van der Waals surface area (Å²) in [6.07, 6.45) is 3.28. The van der Waals surface area contributed by atoms with E-state index in [-0.39, 0.29) is 29.1 Å². The van der Waals surface area contributed by atoms with Crippen molar-refractivity contribution in [2.24, 2.45) is 11.8 Å². The summed E-state index contributed by atoms with van der Waals surface area (Å²) in [6, 6.07) is 0. The number of hydrogen-bond acceptors (Lipinski definition) is 3. The molecule has 0 aromatic rings. The molecule has 5 heteroatoms. The predicted molar refractivity (Wildman–Crippen MR) is 102 cm³/mol. The van der Waals surface area contributed by atoms with Gasteiger partial charge in [-0.2, -0.15) is 0 Å². The molecule has 4 atom stereocenters. The molecule has 0 aromatic carbocycles. The minimum atomic E-state index is -1.81. The summed E-state index contributed by atoms with van der Waals surface area (Å²) in [6.45, 7) is 21.3. The smallest absolute Gasteiger partial charge is 0.404 e. The maximum absolute atomic E-state index is 11.2. The van der Waals surface area contributed by atoms with E-state index in [1.165, 1.54) is 0 Å². The molecule has 0 bridgehead atoms. The van der Waals surface area contributed by atoms with E-state index in [0.717, 1.165) is 12.8 Å². The van der Waals surface area contributed by atoms with E-state index in [2.05, 4.69) is 61.2 Å². The van der Waals surface area contributed by atoms with Crippen molar-refractivity contribution in [2.45, 2.75) is 84.7 Å². The number of allylic oxidation sites excluding steroid dienone is 1. The fourth-order valence-electron chi connectivity index (χ4n) is 2.25. The van der Waals surface area contributed by atoms with Crippen LogP contribution in [0.5, 0.6) is 0 Å². The molecule has 0 aliphatic carbocycles. The lowest BCUT2D eigenvalue weighted by molar-refractivity contribution is 0.0457. The highest BCUT2D eigenvalue weighted by Gasteiger charge is 2.39. The van der Waals surface area contributed by atoms with Gasteiger partial charge in [-0.3, -0.25) is 0 Å². The predicted octanol–water partition coefficient (Wildman–Crippen LogP) is 6.38. The zero-order valence-electron chi connectivity index (χ0n) is 16.1. The van der Waals surface area contributed by atoms with E-state index >= 15 is 0 Å². The summed E-state index contributed by atoms with van der Waals surface area (Å²) < 4.78 is 11.8. The molecule has 0 aromatic heterocycles. The standard InChI is InChI=1S/C18H35ClO3Si/c1-10-11-13(2)16(21-17(19)20)12-14(3)15(4)22-23(8,9)18(5,6)7/h10,13-16H,1,11-12H2,2-9H3/t13-,14-,15+,16+/m1/s1. The second-order valence-corrected chi connectivity index (χ2v) is 13.3. The second-order valence-electron chi connectivity index (χ2n) is 8.19. The van der Waals surface area contributed by atoms with Gasteiger partial charge in [0.1, 0.15) is 6.10 Å². The number of ether oxygens (including phenoxy) is 1. The molecule has 0 fully saturated rings. The van der Waals surface area contributed by atoms with Gasteiger partial charge in [-0.25, -0.2) is 4.79 Å². The molecule has 0 N–H and O–H groups in total. The number of rotatable bonds is 9. The molecule has 0 amide bonds. The minimum Gasteiger partial charge on any atom is -0.450 e. The van der Waals surface area contributed by atoms with Gasteiger partial charge in [0.15, 0.2) is 8.32 Å². The van der Waals surface area contributed by atoms with Crippen molar-refractivity contribution in [1.29, 1.82) is 0 Å². The van der Waals surface area contributed by atoms with E-state index in [1.807, 2.05) is 6.08 Å². The van der Waals surface area contributed by atoms with Crippen LogP contribution in [0.3, 0.4) is 0 Å². The van der Waals surface area contributed by atoms with Gasteiger partial charge in [0.2, 0.25) is 0 Å². The Morgan fingerprint density at radius 1 is 1.22 bits per heavy atom. The lowest BCUT2D eigenvalue weighted by Gasteiger charge is -2.40. The normalized spacial score (nSPS) is 18.0. The van der Waals surface area contributed by atoms with Gasteiger partial charge in [-0.15, -0.1) is 6.58 Å². The summed E-state index contributed by atoms with van der Waals surface area (Å²) >= 11 is 5.43. The molecule has 0 radical (unpaired) electrons. The van der Waals surface area contributed by atoms with Crippen LogP contribution in [0, 0.1) is 11.8 Å². The molecule has 0 saturated heterocycles. The first kappa shape index (κ1) is 22.7. The summed E-state index contributed by atoms with van der Waals surface area (Å²) in [5.74, 6) is 0.468. The average Bonchev–Trinajstić information content (AvgIpc) is 2.35. The Kier molecular flexibility index (Phi) is 9.11. The van der Waals surface area contributed by atoms with Crippen molar-refractivity contribution in [3.8, 4) is 0 Å². The number of hydrogen-bond donors (Lipinski definition) is 0. The number of halogens is 1. The molecule has 136 valence electrons. The Bertz CT molecular complexity index is 390. The van der Waals surface area contributed by atoms with Crippen molar-refractivity contribution < 1.29 is 14.0 Å². The van der Waals surface area contributed by atoms with Crippen LogP contribution in [0.2, 0.25) is 18.1 Å². The van der Waals surface area contributed by atoms with Crippen molar-refractivity contribution in [1.82, 2.24) is 0 Å². The molecule has 0 rings (SSSR count). The highest BCUT2D eigenvalue weighted by molar-refractivity contribution is 6.74. The van der Waals surface area contributed by atoms with Crippen LogP contribution in [0.4, 0.5) is 4.79 Å². The van der Waals surface area contributed by atoms with E-state index in [9.17, 15) is 4.79 Å². The summed E-state index contributed by atoms with van der Waals surface area (Å²) in [7, 11) is -1.81. The molecule has 0 heterocycles. The first-order valence-electron chi connectivity index (χ1n) is 8.46. The third-order valence-electron chi connectivity index (χ3n) is 5.11. The minimum absolute atomic E-state index is 0.114. The van der Waals surface area contributed by atoms with E-state index < -0.39 is 13.7 Å². The number of carbonyl (C=O) groups excluding carboxylic acids is 1. The molecular formula is C18H35ClO3Si. The van der Waals surface area contributed by atoms with Gasteiger partial charge in [-0.05, 0) is 49.7 Å². The first-order valence-corrected chi connectivity index (χ1v) is 11.7.